The molecule has 0 spiro atoms. The first-order valence-electron chi connectivity index (χ1n) is 11.2. The number of para-hydroxylation sites is 1. The minimum atomic E-state index is -0.294. The van der Waals surface area contributed by atoms with E-state index >= 15 is 0 Å². The third-order valence-electron chi connectivity index (χ3n) is 5.55. The molecule has 1 amide bonds. The fraction of sp³-hybridized carbons (Fsp3) is 0.609. The van der Waals surface area contributed by atoms with Gasteiger partial charge >= 0.3 is 0 Å². The van der Waals surface area contributed by atoms with E-state index in [0.29, 0.717) is 25.0 Å². The summed E-state index contributed by atoms with van der Waals surface area (Å²) in [6.45, 7) is 14.5. The average molecular weight is 446 g/mol. The number of nitrogens with zero attached hydrogens (tertiary/aromatic N) is 4. The zero-order valence-corrected chi connectivity index (χ0v) is 20.1. The number of carbonyl (C=O) groups excluding carboxylic acids is 1. The van der Waals surface area contributed by atoms with Crippen molar-refractivity contribution in [3.8, 4) is 0 Å². The van der Waals surface area contributed by atoms with Crippen LogP contribution in [0.3, 0.4) is 0 Å². The van der Waals surface area contributed by atoms with Gasteiger partial charge in [0.05, 0.1) is 18.5 Å². The molecule has 7 nitrogen and oxygen atoms in total. The van der Waals surface area contributed by atoms with Gasteiger partial charge in [-0.25, -0.2) is 0 Å². The fourth-order valence-corrected chi connectivity index (χ4v) is 4.45. The number of thioether (sulfide) groups is 1. The third-order valence-corrected chi connectivity index (χ3v) is 6.63. The smallest absolute Gasteiger partial charge is 0.237 e. The number of aromatic nitrogens is 3. The van der Waals surface area contributed by atoms with Gasteiger partial charge in [-0.3, -0.25) is 9.36 Å². The van der Waals surface area contributed by atoms with E-state index in [1.807, 2.05) is 25.1 Å². The van der Waals surface area contributed by atoms with E-state index in [9.17, 15) is 4.79 Å². The Morgan fingerprint density at radius 1 is 1.16 bits per heavy atom. The Bertz CT molecular complexity index is 863. The zero-order valence-electron chi connectivity index (χ0n) is 19.3. The summed E-state index contributed by atoms with van der Waals surface area (Å²) in [5.41, 5.74) is 2.07. The molecule has 0 saturated carbocycles. The lowest BCUT2D eigenvalue weighted by molar-refractivity contribution is -0.115. The van der Waals surface area contributed by atoms with Crippen LogP contribution in [-0.4, -0.2) is 52.2 Å². The third kappa shape index (κ3) is 6.01. The molecule has 1 aromatic heterocycles. The van der Waals surface area contributed by atoms with Crippen LogP contribution in [0.15, 0.2) is 29.4 Å². The molecule has 1 aliphatic heterocycles. The van der Waals surface area contributed by atoms with E-state index in [1.165, 1.54) is 17.3 Å². The molecule has 0 aliphatic carbocycles. The molecule has 0 bridgehead atoms. The molecule has 31 heavy (non-hydrogen) atoms. The molecule has 8 heteroatoms. The van der Waals surface area contributed by atoms with Crippen molar-refractivity contribution in [2.45, 2.75) is 63.9 Å². The van der Waals surface area contributed by atoms with Crippen molar-refractivity contribution < 1.29 is 9.53 Å². The van der Waals surface area contributed by atoms with E-state index in [2.05, 4.69) is 58.7 Å². The molecule has 1 aromatic carbocycles. The second-order valence-electron chi connectivity index (χ2n) is 8.53. The molecule has 170 valence electrons. The van der Waals surface area contributed by atoms with Crippen molar-refractivity contribution in [3.63, 3.8) is 0 Å². The van der Waals surface area contributed by atoms with Gasteiger partial charge in [-0.2, -0.15) is 0 Å². The van der Waals surface area contributed by atoms with Crippen LogP contribution in [0, 0.1) is 5.92 Å². The van der Waals surface area contributed by atoms with Gasteiger partial charge in [0, 0.05) is 25.3 Å². The molecule has 1 aliphatic rings. The van der Waals surface area contributed by atoms with Crippen molar-refractivity contribution in [1.29, 1.82) is 0 Å². The summed E-state index contributed by atoms with van der Waals surface area (Å²) in [5.74, 6) is 1.69. The Kier molecular flexibility index (Phi) is 8.37. The van der Waals surface area contributed by atoms with Crippen LogP contribution >= 0.6 is 11.8 Å². The summed E-state index contributed by atoms with van der Waals surface area (Å²) in [7, 11) is 0. The highest BCUT2D eigenvalue weighted by Gasteiger charge is 2.25. The van der Waals surface area contributed by atoms with Crippen LogP contribution < -0.4 is 10.2 Å². The highest BCUT2D eigenvalue weighted by Crippen LogP contribution is 2.30. The minimum Gasteiger partial charge on any atom is -0.378 e. The van der Waals surface area contributed by atoms with Gasteiger partial charge in [0.15, 0.2) is 5.16 Å². The topological polar surface area (TPSA) is 72.3 Å². The Morgan fingerprint density at radius 3 is 2.55 bits per heavy atom. The van der Waals surface area contributed by atoms with Crippen molar-refractivity contribution >= 4 is 29.3 Å². The van der Waals surface area contributed by atoms with Gasteiger partial charge in [-0.1, -0.05) is 57.7 Å². The number of carbonyl (C=O) groups is 1. The largest absolute Gasteiger partial charge is 0.378 e. The summed E-state index contributed by atoms with van der Waals surface area (Å²) < 4.78 is 7.63. The molecule has 0 radical (unpaired) electrons. The lowest BCUT2D eigenvalue weighted by atomic mass is 9.97. The van der Waals surface area contributed by atoms with Crippen LogP contribution in [0.4, 0.5) is 11.6 Å². The van der Waals surface area contributed by atoms with Gasteiger partial charge in [0.1, 0.15) is 0 Å². The van der Waals surface area contributed by atoms with Gasteiger partial charge in [-0.05, 0) is 36.8 Å². The number of nitrogens with one attached hydrogen (secondary N) is 1. The van der Waals surface area contributed by atoms with Crippen LogP contribution in [0.1, 0.15) is 52.5 Å². The quantitative estimate of drug-likeness (QED) is 0.577. The first-order valence-corrected chi connectivity index (χ1v) is 12.1. The first-order chi connectivity index (χ1) is 14.9. The van der Waals surface area contributed by atoms with Crippen molar-refractivity contribution in [3.05, 3.63) is 29.8 Å². The van der Waals surface area contributed by atoms with Crippen molar-refractivity contribution in [1.82, 2.24) is 14.8 Å². The Hall–Kier alpha value is -2.06. The van der Waals surface area contributed by atoms with E-state index < -0.39 is 0 Å². The minimum absolute atomic E-state index is 0.0206. The number of anilines is 2. The summed E-state index contributed by atoms with van der Waals surface area (Å²) in [4.78, 5) is 15.2. The summed E-state index contributed by atoms with van der Waals surface area (Å²) in [5, 5.41) is 12.5. The number of hydrogen-bond donors (Lipinski definition) is 1. The lowest BCUT2D eigenvalue weighted by Crippen LogP contribution is -2.38. The van der Waals surface area contributed by atoms with Crippen molar-refractivity contribution in [2.75, 3.05) is 36.5 Å². The van der Waals surface area contributed by atoms with Gasteiger partial charge in [-0.15, -0.1) is 10.2 Å². The molecule has 1 N–H and O–H groups in total. The molecule has 3 rings (SSSR count). The second kappa shape index (κ2) is 11.0. The zero-order chi connectivity index (χ0) is 22.4. The maximum atomic E-state index is 13.0. The molecular weight excluding hydrogens is 410 g/mol. The normalized spacial score (nSPS) is 16.4. The fourth-order valence-electron chi connectivity index (χ4n) is 3.60. The maximum Gasteiger partial charge on any atom is 0.237 e. The van der Waals surface area contributed by atoms with E-state index in [0.717, 1.165) is 42.8 Å². The second-order valence-corrected chi connectivity index (χ2v) is 9.84. The Morgan fingerprint density at radius 2 is 1.87 bits per heavy atom. The summed E-state index contributed by atoms with van der Waals surface area (Å²) >= 11 is 1.46. The Labute approximate surface area is 189 Å². The van der Waals surface area contributed by atoms with Crippen LogP contribution in [0.5, 0.6) is 0 Å². The molecule has 2 aromatic rings. The van der Waals surface area contributed by atoms with Crippen LogP contribution in [-0.2, 0) is 16.1 Å². The van der Waals surface area contributed by atoms with E-state index in [1.54, 1.807) is 0 Å². The molecule has 2 heterocycles. The average Bonchev–Trinajstić information content (AvgIpc) is 3.15. The Balaban J connectivity index is 1.74. The number of hydrogen-bond acceptors (Lipinski definition) is 6. The van der Waals surface area contributed by atoms with Gasteiger partial charge in [0.25, 0.3) is 0 Å². The SMILES string of the molecule is CCC(C)c1ccccc1NC(=O)C(C)Sc1nnc(N2CCOCC2)n1CC(C)C. The molecule has 1 fully saturated rings. The molecular formula is C23H35N5O2S. The lowest BCUT2D eigenvalue weighted by Gasteiger charge is -2.28. The predicted molar refractivity (Wildman–Crippen MR) is 127 cm³/mol. The van der Waals surface area contributed by atoms with E-state index in [-0.39, 0.29) is 11.2 Å². The first kappa shape index (κ1) is 23.6. The maximum absolute atomic E-state index is 13.0. The number of amides is 1. The predicted octanol–water partition coefficient (Wildman–Crippen LogP) is 4.40. The van der Waals surface area contributed by atoms with Crippen LogP contribution in [0.25, 0.3) is 0 Å². The number of benzene rings is 1. The summed E-state index contributed by atoms with van der Waals surface area (Å²) in [6.07, 6.45) is 1.03. The van der Waals surface area contributed by atoms with Crippen LogP contribution in [0.2, 0.25) is 0 Å². The highest BCUT2D eigenvalue weighted by atomic mass is 32.2. The van der Waals surface area contributed by atoms with Gasteiger partial charge < -0.3 is 15.0 Å². The van der Waals surface area contributed by atoms with Crippen molar-refractivity contribution in [2.24, 2.45) is 5.92 Å². The van der Waals surface area contributed by atoms with E-state index in [4.69, 9.17) is 4.74 Å². The standard InChI is InChI=1S/C23H35N5O2S/c1-6-17(4)19-9-7-8-10-20(19)24-21(29)18(5)31-23-26-25-22(28(23)15-16(2)3)27-11-13-30-14-12-27/h7-10,16-18H,6,11-15H2,1-5H3,(H,24,29). The number of morpholine rings is 1. The highest BCUT2D eigenvalue weighted by molar-refractivity contribution is 8.00. The molecule has 1 saturated heterocycles. The molecule has 2 unspecified atom stereocenters. The summed E-state index contributed by atoms with van der Waals surface area (Å²) in [6, 6.07) is 8.06. The molecule has 2 atom stereocenters. The number of ether oxygens (including phenoxy) is 1. The van der Waals surface area contributed by atoms with Gasteiger partial charge in [0.2, 0.25) is 11.9 Å². The number of rotatable bonds is 9. The monoisotopic (exact) mass is 445 g/mol.